The molecule has 38 heavy (non-hydrogen) atoms. The van der Waals surface area contributed by atoms with Gasteiger partial charge in [-0.3, -0.25) is 24.1 Å². The smallest absolute Gasteiger partial charge is 0.337 e. The second-order valence-electron chi connectivity index (χ2n) is 7.90. The van der Waals surface area contributed by atoms with Crippen molar-refractivity contribution >= 4 is 40.8 Å². The van der Waals surface area contributed by atoms with Gasteiger partial charge in [0.05, 0.1) is 24.9 Å². The van der Waals surface area contributed by atoms with Crippen molar-refractivity contribution in [2.45, 2.75) is 13.8 Å². The minimum atomic E-state index is -0.783. The first-order valence-corrected chi connectivity index (χ1v) is 11.2. The van der Waals surface area contributed by atoms with Crippen LogP contribution in [-0.2, 0) is 19.1 Å². The molecule has 2 N–H and O–H groups in total. The minimum Gasteiger partial charge on any atom is -0.510 e. The predicted molar refractivity (Wildman–Crippen MR) is 134 cm³/mol. The van der Waals surface area contributed by atoms with Crippen LogP contribution >= 0.6 is 0 Å². The van der Waals surface area contributed by atoms with Gasteiger partial charge in [-0.2, -0.15) is 0 Å². The van der Waals surface area contributed by atoms with Crippen LogP contribution < -0.4 is 10.1 Å². The number of ketones is 1. The highest BCUT2D eigenvalue weighted by molar-refractivity contribution is 6.12. The molecule has 12 nitrogen and oxygen atoms in total. The summed E-state index contributed by atoms with van der Waals surface area (Å²) in [6, 6.07) is 10.3. The van der Waals surface area contributed by atoms with Gasteiger partial charge in [0.15, 0.2) is 11.5 Å². The van der Waals surface area contributed by atoms with Crippen LogP contribution in [0.3, 0.4) is 0 Å². The van der Waals surface area contributed by atoms with E-state index in [1.165, 1.54) is 63.4 Å². The molecule has 0 bridgehead atoms. The molecule has 2 aromatic rings. The number of hydrogen-bond donors (Lipinski definition) is 2. The third-order valence-corrected chi connectivity index (χ3v) is 5.21. The normalized spacial score (nSPS) is 13.5. The van der Waals surface area contributed by atoms with Crippen molar-refractivity contribution in [3.8, 4) is 5.75 Å². The molecule has 1 aliphatic heterocycles. The zero-order valence-corrected chi connectivity index (χ0v) is 20.8. The summed E-state index contributed by atoms with van der Waals surface area (Å²) in [4.78, 5) is 60.7. The second kappa shape index (κ2) is 12.2. The number of Topliss-reactive ketones (excluding diaryl/α,β-unsaturated/α-hetero) is 1. The molecule has 1 aliphatic rings. The first kappa shape index (κ1) is 27.5. The molecule has 2 aromatic carbocycles. The first-order valence-electron chi connectivity index (χ1n) is 11.2. The van der Waals surface area contributed by atoms with E-state index in [0.29, 0.717) is 11.4 Å². The van der Waals surface area contributed by atoms with Crippen LogP contribution in [0.25, 0.3) is 0 Å². The van der Waals surface area contributed by atoms with Crippen molar-refractivity contribution in [3.63, 3.8) is 0 Å². The fourth-order valence-corrected chi connectivity index (χ4v) is 3.27. The van der Waals surface area contributed by atoms with Crippen LogP contribution in [0.2, 0.25) is 0 Å². The molecule has 0 aliphatic carbocycles. The molecule has 3 amide bonds. The number of nitrogens with one attached hydrogen (secondary N) is 1. The average Bonchev–Trinajstić information content (AvgIpc) is 3.21. The molecule has 0 unspecified atom stereocenters. The summed E-state index contributed by atoms with van der Waals surface area (Å²) in [5, 5.41) is 20.3. The number of anilines is 1. The van der Waals surface area contributed by atoms with Crippen LogP contribution in [0.4, 0.5) is 11.4 Å². The number of ether oxygens (including phenoxy) is 2. The molecular formula is C26H24N4O8. The fourth-order valence-electron chi connectivity index (χ4n) is 3.27. The lowest BCUT2D eigenvalue weighted by atomic mass is 10.1. The van der Waals surface area contributed by atoms with Crippen molar-refractivity contribution in [2.75, 3.05) is 25.6 Å². The highest BCUT2D eigenvalue weighted by Crippen LogP contribution is 2.24. The standard InChI is InChI=1S/C26H24N4O8/c1-15(31)20-9-4-17(26(36)37-3)14-21(20)28-29-24(16(2)32)25(35)27-18-5-7-19(8-6-18)38-13-12-30-22(33)10-11-23(30)34/h4-11,14,32H,12-13H2,1-3H3,(H,27,35). The number of amides is 3. The molecule has 196 valence electrons. The van der Waals surface area contributed by atoms with Crippen molar-refractivity contribution in [2.24, 2.45) is 10.2 Å². The Morgan fingerprint density at radius 2 is 1.66 bits per heavy atom. The third kappa shape index (κ3) is 6.75. The molecule has 3 rings (SSSR count). The number of aliphatic hydroxyl groups excluding tert-OH is 1. The number of imide groups is 1. The van der Waals surface area contributed by atoms with Crippen LogP contribution in [0.5, 0.6) is 5.75 Å². The Balaban J connectivity index is 1.67. The fraction of sp³-hybridized carbons (Fsp3) is 0.192. The van der Waals surface area contributed by atoms with Gasteiger partial charge < -0.3 is 19.9 Å². The zero-order valence-electron chi connectivity index (χ0n) is 20.8. The highest BCUT2D eigenvalue weighted by atomic mass is 16.5. The van der Waals surface area contributed by atoms with Gasteiger partial charge in [0.25, 0.3) is 17.7 Å². The Morgan fingerprint density at radius 3 is 2.24 bits per heavy atom. The number of rotatable bonds is 10. The Bertz CT molecular complexity index is 1350. The Morgan fingerprint density at radius 1 is 1.00 bits per heavy atom. The topological polar surface area (TPSA) is 164 Å². The molecule has 1 heterocycles. The van der Waals surface area contributed by atoms with E-state index in [-0.39, 0.29) is 35.7 Å². The summed E-state index contributed by atoms with van der Waals surface area (Å²) < 4.78 is 10.2. The number of aliphatic hydroxyl groups is 1. The van der Waals surface area contributed by atoms with Gasteiger partial charge in [0.1, 0.15) is 18.1 Å². The van der Waals surface area contributed by atoms with Crippen molar-refractivity contribution in [1.82, 2.24) is 4.90 Å². The molecule has 12 heteroatoms. The maximum Gasteiger partial charge on any atom is 0.337 e. The second-order valence-corrected chi connectivity index (χ2v) is 7.90. The molecular weight excluding hydrogens is 496 g/mol. The molecule has 0 fully saturated rings. The monoisotopic (exact) mass is 520 g/mol. The van der Waals surface area contributed by atoms with Gasteiger partial charge in [-0.25, -0.2) is 4.79 Å². The SMILES string of the molecule is COC(=O)c1ccc(C(C)=O)c(N=NC(C(=O)Nc2ccc(OCCN3C(=O)C=CC3=O)cc2)=C(C)O)c1. The maximum atomic E-state index is 12.8. The van der Waals surface area contributed by atoms with E-state index >= 15 is 0 Å². The summed E-state index contributed by atoms with van der Waals surface area (Å²) in [6.07, 6.45) is 2.38. The summed E-state index contributed by atoms with van der Waals surface area (Å²) in [6.45, 7) is 2.73. The van der Waals surface area contributed by atoms with E-state index in [4.69, 9.17) is 4.74 Å². The van der Waals surface area contributed by atoms with E-state index in [0.717, 1.165) is 4.90 Å². The van der Waals surface area contributed by atoms with Gasteiger partial charge in [-0.1, -0.05) is 0 Å². The number of nitrogens with zero attached hydrogens (tertiary/aromatic N) is 3. The van der Waals surface area contributed by atoms with Gasteiger partial charge in [-0.15, -0.1) is 10.2 Å². The molecule has 0 atom stereocenters. The van der Waals surface area contributed by atoms with E-state index in [1.807, 2.05) is 0 Å². The lowest BCUT2D eigenvalue weighted by Gasteiger charge is -2.14. The van der Waals surface area contributed by atoms with E-state index in [1.54, 1.807) is 12.1 Å². The Kier molecular flexibility index (Phi) is 8.82. The number of azo groups is 1. The maximum absolute atomic E-state index is 12.8. The lowest BCUT2D eigenvalue weighted by molar-refractivity contribution is -0.137. The van der Waals surface area contributed by atoms with E-state index in [9.17, 15) is 29.1 Å². The number of benzene rings is 2. The van der Waals surface area contributed by atoms with E-state index < -0.39 is 35.1 Å². The number of esters is 1. The van der Waals surface area contributed by atoms with Crippen molar-refractivity contribution < 1.29 is 38.6 Å². The number of carbonyl (C=O) groups is 5. The largest absolute Gasteiger partial charge is 0.510 e. The van der Waals surface area contributed by atoms with Gasteiger partial charge in [-0.05, 0) is 56.3 Å². The predicted octanol–water partition coefficient (Wildman–Crippen LogP) is 3.49. The minimum absolute atomic E-state index is 0.0153. The molecule has 0 saturated carbocycles. The number of allylic oxidation sites excluding steroid dienone is 1. The quantitative estimate of drug-likeness (QED) is 0.120. The Labute approximate surface area is 217 Å². The third-order valence-electron chi connectivity index (χ3n) is 5.21. The molecule has 0 radical (unpaired) electrons. The first-order chi connectivity index (χ1) is 18.1. The Hall–Kier alpha value is -5.13. The number of carbonyl (C=O) groups excluding carboxylic acids is 5. The number of methoxy groups -OCH3 is 1. The molecule has 0 aromatic heterocycles. The van der Waals surface area contributed by atoms with Gasteiger partial charge in [0, 0.05) is 23.4 Å². The highest BCUT2D eigenvalue weighted by Gasteiger charge is 2.22. The summed E-state index contributed by atoms with van der Waals surface area (Å²) >= 11 is 0. The zero-order chi connectivity index (χ0) is 27.8. The molecule has 0 spiro atoms. The lowest BCUT2D eigenvalue weighted by Crippen LogP contribution is -2.33. The number of hydrogen-bond acceptors (Lipinski definition) is 10. The average molecular weight is 520 g/mol. The van der Waals surface area contributed by atoms with Gasteiger partial charge in [0.2, 0.25) is 0 Å². The van der Waals surface area contributed by atoms with Crippen LogP contribution in [0, 0.1) is 0 Å². The summed E-state index contributed by atoms with van der Waals surface area (Å²) in [5.41, 5.74) is 0.225. The van der Waals surface area contributed by atoms with Crippen molar-refractivity contribution in [1.29, 1.82) is 0 Å². The molecule has 0 saturated heterocycles. The van der Waals surface area contributed by atoms with Gasteiger partial charge >= 0.3 is 5.97 Å². The summed E-state index contributed by atoms with van der Waals surface area (Å²) in [7, 11) is 1.21. The summed E-state index contributed by atoms with van der Waals surface area (Å²) in [5.74, 6) is -2.56. The van der Waals surface area contributed by atoms with Crippen LogP contribution in [0.1, 0.15) is 34.6 Å². The van der Waals surface area contributed by atoms with Crippen LogP contribution in [-0.4, -0.2) is 59.7 Å². The van der Waals surface area contributed by atoms with Crippen LogP contribution in [0.15, 0.2) is 76.3 Å². The van der Waals surface area contributed by atoms with Crippen molar-refractivity contribution in [3.05, 3.63) is 77.2 Å². The van der Waals surface area contributed by atoms with E-state index in [2.05, 4.69) is 20.3 Å².